The van der Waals surface area contributed by atoms with Gasteiger partial charge in [-0.2, -0.15) is 0 Å². The summed E-state index contributed by atoms with van der Waals surface area (Å²) in [6.45, 7) is 1.61. The summed E-state index contributed by atoms with van der Waals surface area (Å²) < 4.78 is 16.1. The first-order valence-corrected chi connectivity index (χ1v) is 7.08. The van der Waals surface area contributed by atoms with Crippen LogP contribution in [0.3, 0.4) is 0 Å². The van der Waals surface area contributed by atoms with Crippen molar-refractivity contribution in [3.05, 3.63) is 18.2 Å². The predicted octanol–water partition coefficient (Wildman–Crippen LogP) is 2.49. The van der Waals surface area contributed by atoms with Gasteiger partial charge in [-0.15, -0.1) is 24.0 Å². The molecule has 1 unspecified atom stereocenters. The zero-order valence-corrected chi connectivity index (χ0v) is 15.5. The minimum Gasteiger partial charge on any atom is -0.493 e. The molecule has 2 rings (SSSR count). The summed E-state index contributed by atoms with van der Waals surface area (Å²) in [5, 5.41) is 6.49. The van der Waals surface area contributed by atoms with E-state index in [-0.39, 0.29) is 30.1 Å². The molecule has 6 nitrogen and oxygen atoms in total. The number of nitrogens with zero attached hydrogens (tertiary/aromatic N) is 1. The van der Waals surface area contributed by atoms with Crippen LogP contribution in [-0.4, -0.2) is 46.5 Å². The maximum Gasteiger partial charge on any atom is 0.195 e. The highest BCUT2D eigenvalue weighted by Gasteiger charge is 2.15. The first-order chi connectivity index (χ1) is 10.3. The number of aliphatic imine (C=N–C) groups is 1. The van der Waals surface area contributed by atoms with E-state index in [0.717, 1.165) is 31.7 Å². The number of guanidine groups is 1. The quantitative estimate of drug-likeness (QED) is 0.435. The van der Waals surface area contributed by atoms with E-state index in [0.29, 0.717) is 17.5 Å². The zero-order valence-electron chi connectivity index (χ0n) is 13.2. The largest absolute Gasteiger partial charge is 0.493 e. The van der Waals surface area contributed by atoms with Crippen LogP contribution in [0.15, 0.2) is 23.2 Å². The van der Waals surface area contributed by atoms with Crippen molar-refractivity contribution in [1.82, 2.24) is 5.32 Å². The molecule has 0 aliphatic carbocycles. The fourth-order valence-corrected chi connectivity index (χ4v) is 2.25. The van der Waals surface area contributed by atoms with Crippen LogP contribution in [0.5, 0.6) is 11.5 Å². The Morgan fingerprint density at radius 2 is 2.09 bits per heavy atom. The summed E-state index contributed by atoms with van der Waals surface area (Å²) in [6.07, 6.45) is 2.50. The predicted molar refractivity (Wildman–Crippen MR) is 98.9 cm³/mol. The number of hydrogen-bond donors (Lipinski definition) is 2. The Bertz CT molecular complexity index is 491. The molecular formula is C15H24IN3O3. The van der Waals surface area contributed by atoms with Crippen LogP contribution in [0.4, 0.5) is 5.69 Å². The highest BCUT2D eigenvalue weighted by Crippen LogP contribution is 2.29. The van der Waals surface area contributed by atoms with E-state index >= 15 is 0 Å². The van der Waals surface area contributed by atoms with Crippen LogP contribution >= 0.6 is 24.0 Å². The van der Waals surface area contributed by atoms with Crippen LogP contribution in [0.1, 0.15) is 12.8 Å². The number of ether oxygens (including phenoxy) is 3. The third-order valence-corrected chi connectivity index (χ3v) is 3.39. The van der Waals surface area contributed by atoms with Crippen molar-refractivity contribution < 1.29 is 14.2 Å². The third kappa shape index (κ3) is 5.20. The van der Waals surface area contributed by atoms with Gasteiger partial charge in [0.2, 0.25) is 0 Å². The van der Waals surface area contributed by atoms with Gasteiger partial charge >= 0.3 is 0 Å². The van der Waals surface area contributed by atoms with Crippen molar-refractivity contribution in [2.24, 2.45) is 4.99 Å². The maximum absolute atomic E-state index is 5.58. The van der Waals surface area contributed by atoms with Gasteiger partial charge in [0.25, 0.3) is 0 Å². The molecule has 1 saturated heterocycles. The van der Waals surface area contributed by atoms with Crippen LogP contribution < -0.4 is 20.1 Å². The second kappa shape index (κ2) is 9.73. The summed E-state index contributed by atoms with van der Waals surface area (Å²) in [5.41, 5.74) is 0.882. The van der Waals surface area contributed by atoms with Crippen LogP contribution in [0, 0.1) is 0 Å². The first kappa shape index (κ1) is 18.8. The van der Waals surface area contributed by atoms with Crippen molar-refractivity contribution >= 4 is 35.6 Å². The topological polar surface area (TPSA) is 64.1 Å². The summed E-state index contributed by atoms with van der Waals surface area (Å²) in [4.78, 5) is 4.21. The first-order valence-electron chi connectivity index (χ1n) is 7.08. The van der Waals surface area contributed by atoms with Gasteiger partial charge in [-0.25, -0.2) is 0 Å². The molecule has 1 heterocycles. The average molecular weight is 421 g/mol. The number of halogens is 1. The van der Waals surface area contributed by atoms with Crippen molar-refractivity contribution in [3.8, 4) is 11.5 Å². The molecule has 0 radical (unpaired) electrons. The fraction of sp³-hybridized carbons (Fsp3) is 0.533. The standard InChI is InChI=1S/C15H23N3O3.HI/c1-16-15(17-10-12-5-4-8-21-12)18-11-6-7-13(19-2)14(9-11)20-3;/h6-7,9,12H,4-5,8,10H2,1-3H3,(H2,16,17,18);1H. The van der Waals surface area contributed by atoms with Crippen molar-refractivity contribution in [2.75, 3.05) is 39.7 Å². The lowest BCUT2D eigenvalue weighted by Crippen LogP contribution is -2.36. The van der Waals surface area contributed by atoms with E-state index in [1.54, 1.807) is 21.3 Å². The normalized spacial score (nSPS) is 17.6. The molecule has 0 bridgehead atoms. The lowest BCUT2D eigenvalue weighted by atomic mass is 10.2. The number of benzene rings is 1. The molecule has 0 spiro atoms. The molecular weight excluding hydrogens is 397 g/mol. The highest BCUT2D eigenvalue weighted by molar-refractivity contribution is 14.0. The zero-order chi connectivity index (χ0) is 15.1. The molecule has 7 heteroatoms. The molecule has 0 aromatic heterocycles. The van der Waals surface area contributed by atoms with Gasteiger partial charge in [-0.1, -0.05) is 0 Å². The summed E-state index contributed by atoms with van der Waals surface area (Å²) >= 11 is 0. The molecule has 1 aliphatic rings. The molecule has 0 saturated carbocycles. The Hall–Kier alpha value is -1.22. The van der Waals surface area contributed by atoms with E-state index in [4.69, 9.17) is 14.2 Å². The number of nitrogens with one attached hydrogen (secondary N) is 2. The van der Waals surface area contributed by atoms with Crippen LogP contribution in [0.25, 0.3) is 0 Å². The number of rotatable bonds is 5. The van der Waals surface area contributed by atoms with Gasteiger partial charge < -0.3 is 24.8 Å². The monoisotopic (exact) mass is 421 g/mol. The SMILES string of the molecule is CN=C(NCC1CCCO1)Nc1ccc(OC)c(OC)c1.I. The van der Waals surface area contributed by atoms with Gasteiger partial charge in [0.1, 0.15) is 0 Å². The Balaban J connectivity index is 0.00000242. The molecule has 1 atom stereocenters. The molecule has 2 N–H and O–H groups in total. The second-order valence-corrected chi connectivity index (χ2v) is 4.78. The van der Waals surface area contributed by atoms with E-state index < -0.39 is 0 Å². The van der Waals surface area contributed by atoms with Gasteiger partial charge in [-0.05, 0) is 25.0 Å². The molecule has 1 fully saturated rings. The average Bonchev–Trinajstić information content (AvgIpc) is 3.04. The van der Waals surface area contributed by atoms with E-state index in [1.165, 1.54) is 0 Å². The Morgan fingerprint density at radius 3 is 2.68 bits per heavy atom. The van der Waals surface area contributed by atoms with Gasteiger partial charge in [-0.3, -0.25) is 4.99 Å². The van der Waals surface area contributed by atoms with Gasteiger partial charge in [0.15, 0.2) is 17.5 Å². The lowest BCUT2D eigenvalue weighted by Gasteiger charge is -2.16. The summed E-state index contributed by atoms with van der Waals surface area (Å²) in [7, 11) is 4.98. The molecule has 124 valence electrons. The smallest absolute Gasteiger partial charge is 0.195 e. The Kier molecular flexibility index (Phi) is 8.32. The van der Waals surface area contributed by atoms with Crippen molar-refractivity contribution in [3.63, 3.8) is 0 Å². The fourth-order valence-electron chi connectivity index (χ4n) is 2.25. The molecule has 1 aromatic rings. The van der Waals surface area contributed by atoms with Crippen molar-refractivity contribution in [2.45, 2.75) is 18.9 Å². The third-order valence-electron chi connectivity index (χ3n) is 3.39. The Morgan fingerprint density at radius 1 is 1.32 bits per heavy atom. The van der Waals surface area contributed by atoms with E-state index in [2.05, 4.69) is 15.6 Å². The number of anilines is 1. The molecule has 1 aliphatic heterocycles. The van der Waals surface area contributed by atoms with Gasteiger partial charge in [0.05, 0.1) is 20.3 Å². The van der Waals surface area contributed by atoms with Crippen molar-refractivity contribution in [1.29, 1.82) is 0 Å². The maximum atomic E-state index is 5.58. The Labute approximate surface area is 148 Å². The minimum atomic E-state index is 0. The molecule has 1 aromatic carbocycles. The van der Waals surface area contributed by atoms with E-state index in [9.17, 15) is 0 Å². The van der Waals surface area contributed by atoms with Crippen LogP contribution in [0.2, 0.25) is 0 Å². The lowest BCUT2D eigenvalue weighted by molar-refractivity contribution is 0.114. The summed E-state index contributed by atoms with van der Waals surface area (Å²) in [5.74, 6) is 2.08. The van der Waals surface area contributed by atoms with E-state index in [1.807, 2.05) is 18.2 Å². The number of methoxy groups -OCH3 is 2. The minimum absolute atomic E-state index is 0. The summed E-state index contributed by atoms with van der Waals surface area (Å²) in [6, 6.07) is 5.65. The molecule has 0 amide bonds. The van der Waals surface area contributed by atoms with Crippen LogP contribution in [-0.2, 0) is 4.74 Å². The number of hydrogen-bond acceptors (Lipinski definition) is 4. The second-order valence-electron chi connectivity index (χ2n) is 4.78. The highest BCUT2D eigenvalue weighted by atomic mass is 127. The van der Waals surface area contributed by atoms with Gasteiger partial charge in [0, 0.05) is 32.0 Å². The molecule has 22 heavy (non-hydrogen) atoms.